The van der Waals surface area contributed by atoms with Gasteiger partial charge in [0.05, 0.1) is 20.3 Å². The molecule has 1 rings (SSSR count). The van der Waals surface area contributed by atoms with Gasteiger partial charge in [0.1, 0.15) is 11.5 Å². The molecule has 0 bridgehead atoms. The van der Waals surface area contributed by atoms with Crippen LogP contribution < -0.4 is 9.47 Å². The third-order valence-electron chi connectivity index (χ3n) is 3.09. The first-order valence-corrected chi connectivity index (χ1v) is 6.61. The molecule has 0 spiro atoms. The van der Waals surface area contributed by atoms with E-state index in [2.05, 4.69) is 18.7 Å². The molecule has 0 amide bonds. The number of hydrogen-bond donors (Lipinski definition) is 1. The number of aliphatic hydroxyl groups excluding tert-OH is 1. The molecule has 4 heteroatoms. The maximum Gasteiger partial charge on any atom is 0.123 e. The van der Waals surface area contributed by atoms with Crippen LogP contribution in [0.15, 0.2) is 18.2 Å². The highest BCUT2D eigenvalue weighted by molar-refractivity contribution is 5.40. The van der Waals surface area contributed by atoms with E-state index in [1.54, 1.807) is 21.1 Å². The normalized spacial score (nSPS) is 12.8. The molecule has 1 N–H and O–H groups in total. The van der Waals surface area contributed by atoms with Crippen LogP contribution in [0.25, 0.3) is 0 Å². The summed E-state index contributed by atoms with van der Waals surface area (Å²) in [5, 5.41) is 9.58. The molecule has 108 valence electrons. The highest BCUT2D eigenvalue weighted by Gasteiger charge is 2.15. The molecule has 1 unspecified atom stereocenters. The molecule has 1 aromatic carbocycles. The Hall–Kier alpha value is -1.26. The van der Waals surface area contributed by atoms with Crippen molar-refractivity contribution in [2.45, 2.75) is 39.5 Å². The quantitative estimate of drug-likeness (QED) is 0.823. The van der Waals surface area contributed by atoms with Gasteiger partial charge in [-0.3, -0.25) is 4.90 Å². The Kier molecular flexibility index (Phi) is 6.12. The highest BCUT2D eigenvalue weighted by Crippen LogP contribution is 2.25. The number of rotatable bonds is 7. The fourth-order valence-corrected chi connectivity index (χ4v) is 2.02. The number of ether oxygens (including phenoxy) is 2. The van der Waals surface area contributed by atoms with Gasteiger partial charge in [-0.15, -0.1) is 0 Å². The van der Waals surface area contributed by atoms with Crippen LogP contribution in [-0.2, 0) is 6.54 Å². The molecule has 0 saturated carbocycles. The van der Waals surface area contributed by atoms with E-state index in [4.69, 9.17) is 9.47 Å². The van der Waals surface area contributed by atoms with Gasteiger partial charge in [-0.05, 0) is 39.0 Å². The van der Waals surface area contributed by atoms with Crippen molar-refractivity contribution in [1.29, 1.82) is 0 Å². The Balaban J connectivity index is 2.93. The van der Waals surface area contributed by atoms with E-state index in [1.165, 1.54) is 0 Å². The first-order valence-electron chi connectivity index (χ1n) is 6.61. The van der Waals surface area contributed by atoms with Crippen LogP contribution in [0.3, 0.4) is 0 Å². The third kappa shape index (κ3) is 4.73. The Bertz CT molecular complexity index is 391. The minimum absolute atomic E-state index is 0.348. The molecule has 0 aromatic heterocycles. The van der Waals surface area contributed by atoms with E-state index in [1.807, 2.05) is 18.2 Å². The van der Waals surface area contributed by atoms with Crippen molar-refractivity contribution in [2.75, 3.05) is 20.8 Å². The van der Waals surface area contributed by atoms with Crippen molar-refractivity contribution >= 4 is 0 Å². The van der Waals surface area contributed by atoms with Gasteiger partial charge in [-0.1, -0.05) is 0 Å². The number of aliphatic hydroxyl groups is 1. The SMILES string of the molecule is COc1ccc(OC)c(CN(CC(C)O)C(C)C)c1. The smallest absolute Gasteiger partial charge is 0.123 e. The summed E-state index contributed by atoms with van der Waals surface area (Å²) in [6.45, 7) is 7.41. The maximum absolute atomic E-state index is 9.58. The molecule has 19 heavy (non-hydrogen) atoms. The van der Waals surface area contributed by atoms with Crippen molar-refractivity contribution in [1.82, 2.24) is 4.90 Å². The number of nitrogens with zero attached hydrogens (tertiary/aromatic N) is 1. The van der Waals surface area contributed by atoms with Crippen LogP contribution in [-0.4, -0.2) is 42.9 Å². The predicted octanol–water partition coefficient (Wildman–Crippen LogP) is 2.29. The summed E-state index contributed by atoms with van der Waals surface area (Å²) in [7, 11) is 3.32. The van der Waals surface area contributed by atoms with E-state index in [9.17, 15) is 5.11 Å². The Morgan fingerprint density at radius 3 is 2.32 bits per heavy atom. The van der Waals surface area contributed by atoms with Crippen molar-refractivity contribution in [2.24, 2.45) is 0 Å². The van der Waals surface area contributed by atoms with Gasteiger partial charge in [0.15, 0.2) is 0 Å². The van der Waals surface area contributed by atoms with Gasteiger partial charge in [-0.25, -0.2) is 0 Å². The Morgan fingerprint density at radius 1 is 1.16 bits per heavy atom. The van der Waals surface area contributed by atoms with Crippen LogP contribution in [0.2, 0.25) is 0 Å². The number of hydrogen-bond acceptors (Lipinski definition) is 4. The topological polar surface area (TPSA) is 41.9 Å². The minimum Gasteiger partial charge on any atom is -0.497 e. The molecular weight excluding hydrogens is 242 g/mol. The zero-order chi connectivity index (χ0) is 14.4. The summed E-state index contributed by atoms with van der Waals surface area (Å²) in [5.74, 6) is 1.66. The van der Waals surface area contributed by atoms with Gasteiger partial charge in [0.25, 0.3) is 0 Å². The second-order valence-corrected chi connectivity index (χ2v) is 5.05. The molecule has 0 saturated heterocycles. The molecule has 0 aliphatic heterocycles. The standard InChI is InChI=1S/C15H25NO3/c1-11(2)16(9-12(3)17)10-13-8-14(18-4)6-7-15(13)19-5/h6-8,11-12,17H,9-10H2,1-5H3. The van der Waals surface area contributed by atoms with Crippen molar-refractivity contribution in [3.8, 4) is 11.5 Å². The average molecular weight is 267 g/mol. The Morgan fingerprint density at radius 2 is 1.84 bits per heavy atom. The summed E-state index contributed by atoms with van der Waals surface area (Å²) < 4.78 is 10.6. The lowest BCUT2D eigenvalue weighted by Gasteiger charge is -2.28. The van der Waals surface area contributed by atoms with Gasteiger partial charge in [-0.2, -0.15) is 0 Å². The molecule has 4 nitrogen and oxygen atoms in total. The lowest BCUT2D eigenvalue weighted by atomic mass is 10.1. The molecule has 1 atom stereocenters. The van der Waals surface area contributed by atoms with Crippen LogP contribution >= 0.6 is 0 Å². The second kappa shape index (κ2) is 7.36. The summed E-state index contributed by atoms with van der Waals surface area (Å²) in [5.41, 5.74) is 1.07. The van der Waals surface area contributed by atoms with Gasteiger partial charge < -0.3 is 14.6 Å². The fraction of sp³-hybridized carbons (Fsp3) is 0.600. The van der Waals surface area contributed by atoms with E-state index in [-0.39, 0.29) is 6.10 Å². The molecule has 0 radical (unpaired) electrons. The van der Waals surface area contributed by atoms with Crippen LogP contribution in [0.1, 0.15) is 26.3 Å². The van der Waals surface area contributed by atoms with Crippen LogP contribution in [0.4, 0.5) is 0 Å². The monoisotopic (exact) mass is 267 g/mol. The molecule has 0 aliphatic carbocycles. The summed E-state index contributed by atoms with van der Waals surface area (Å²) in [4.78, 5) is 2.21. The number of methoxy groups -OCH3 is 2. The van der Waals surface area contributed by atoms with Gasteiger partial charge in [0.2, 0.25) is 0 Å². The van der Waals surface area contributed by atoms with Crippen LogP contribution in [0, 0.1) is 0 Å². The van der Waals surface area contributed by atoms with E-state index < -0.39 is 0 Å². The molecule has 0 fully saturated rings. The van der Waals surface area contributed by atoms with E-state index in [0.717, 1.165) is 23.6 Å². The van der Waals surface area contributed by atoms with Crippen molar-refractivity contribution in [3.63, 3.8) is 0 Å². The van der Waals surface area contributed by atoms with Crippen LogP contribution in [0.5, 0.6) is 11.5 Å². The van der Waals surface area contributed by atoms with Crippen molar-refractivity contribution < 1.29 is 14.6 Å². The molecule has 1 aromatic rings. The Labute approximate surface area is 115 Å². The largest absolute Gasteiger partial charge is 0.497 e. The minimum atomic E-state index is -0.348. The first-order chi connectivity index (χ1) is 8.97. The predicted molar refractivity (Wildman–Crippen MR) is 76.8 cm³/mol. The molecule has 0 aliphatic rings. The summed E-state index contributed by atoms with van der Waals surface area (Å²) >= 11 is 0. The summed E-state index contributed by atoms with van der Waals surface area (Å²) in [6, 6.07) is 6.13. The summed E-state index contributed by atoms with van der Waals surface area (Å²) in [6.07, 6.45) is -0.348. The van der Waals surface area contributed by atoms with Crippen molar-refractivity contribution in [3.05, 3.63) is 23.8 Å². The average Bonchev–Trinajstić information content (AvgIpc) is 2.37. The molecular formula is C15H25NO3. The zero-order valence-electron chi connectivity index (χ0n) is 12.5. The van der Waals surface area contributed by atoms with Gasteiger partial charge >= 0.3 is 0 Å². The van der Waals surface area contributed by atoms with Gasteiger partial charge in [0, 0.05) is 24.7 Å². The first kappa shape index (κ1) is 15.8. The lowest BCUT2D eigenvalue weighted by Crippen LogP contribution is -2.36. The highest BCUT2D eigenvalue weighted by atomic mass is 16.5. The molecule has 0 heterocycles. The van der Waals surface area contributed by atoms with E-state index >= 15 is 0 Å². The zero-order valence-corrected chi connectivity index (χ0v) is 12.5. The fourth-order valence-electron chi connectivity index (χ4n) is 2.02. The number of benzene rings is 1. The second-order valence-electron chi connectivity index (χ2n) is 5.05. The third-order valence-corrected chi connectivity index (χ3v) is 3.09. The maximum atomic E-state index is 9.58. The van der Waals surface area contributed by atoms with E-state index in [0.29, 0.717) is 12.6 Å². The lowest BCUT2D eigenvalue weighted by molar-refractivity contribution is 0.102.